The second-order valence-electron chi connectivity index (χ2n) is 2.54. The normalized spacial score (nSPS) is 12.9. The molecule has 2 heteroatoms. The minimum atomic E-state index is 0.361. The number of rotatable bonds is 7. The molecule has 0 radical (unpaired) electrons. The van der Waals surface area contributed by atoms with Gasteiger partial charge in [0.1, 0.15) is 0 Å². The molecule has 11 heavy (non-hydrogen) atoms. The zero-order valence-electron chi connectivity index (χ0n) is 7.60. The van der Waals surface area contributed by atoms with Crippen LogP contribution in [-0.4, -0.2) is 26.3 Å². The smallest absolute Gasteiger partial charge is 0.0696 e. The highest BCUT2D eigenvalue weighted by Crippen LogP contribution is 1.97. The van der Waals surface area contributed by atoms with Crippen LogP contribution in [0.2, 0.25) is 0 Å². The molecule has 0 saturated heterocycles. The number of likely N-dealkylation sites (N-methyl/N-ethyl adjacent to an activating group) is 1. The fraction of sp³-hybridized carbons (Fsp3) is 0.778. The lowest BCUT2D eigenvalue weighted by atomic mass is 10.3. The summed E-state index contributed by atoms with van der Waals surface area (Å²) in [6, 6.07) is 0. The summed E-state index contributed by atoms with van der Waals surface area (Å²) in [5.41, 5.74) is 0. The first-order chi connectivity index (χ1) is 5.35. The molecule has 1 unspecified atom stereocenters. The summed E-state index contributed by atoms with van der Waals surface area (Å²) in [5, 5.41) is 3.09. The predicted octanol–water partition coefficient (Wildman–Crippen LogP) is 1.58. The van der Waals surface area contributed by atoms with Crippen molar-refractivity contribution in [2.24, 2.45) is 0 Å². The molecule has 0 aromatic rings. The van der Waals surface area contributed by atoms with Gasteiger partial charge in [0.2, 0.25) is 0 Å². The Morgan fingerprint density at radius 3 is 2.82 bits per heavy atom. The molecule has 0 aromatic heterocycles. The Morgan fingerprint density at radius 1 is 1.64 bits per heavy atom. The number of hydrogen-bond donors (Lipinski definition) is 1. The van der Waals surface area contributed by atoms with Gasteiger partial charge in [0.05, 0.1) is 12.7 Å². The SMILES string of the molecule is C=CCCOC(CC)CNC. The first-order valence-electron chi connectivity index (χ1n) is 4.22. The van der Waals surface area contributed by atoms with Crippen molar-refractivity contribution in [2.45, 2.75) is 25.9 Å². The van der Waals surface area contributed by atoms with Crippen LogP contribution in [0.4, 0.5) is 0 Å². The lowest BCUT2D eigenvalue weighted by Gasteiger charge is -2.14. The summed E-state index contributed by atoms with van der Waals surface area (Å²) < 4.78 is 5.54. The van der Waals surface area contributed by atoms with Gasteiger partial charge in [0.25, 0.3) is 0 Å². The highest BCUT2D eigenvalue weighted by Gasteiger charge is 2.02. The molecule has 1 atom stereocenters. The maximum Gasteiger partial charge on any atom is 0.0696 e. The summed E-state index contributed by atoms with van der Waals surface area (Å²) in [6.07, 6.45) is 4.25. The van der Waals surface area contributed by atoms with Crippen LogP contribution in [0.15, 0.2) is 12.7 Å². The second-order valence-corrected chi connectivity index (χ2v) is 2.54. The van der Waals surface area contributed by atoms with E-state index in [1.165, 1.54) is 0 Å². The van der Waals surface area contributed by atoms with Crippen LogP contribution in [0.1, 0.15) is 19.8 Å². The summed E-state index contributed by atoms with van der Waals surface area (Å²) in [4.78, 5) is 0. The molecular formula is C9H19NO. The van der Waals surface area contributed by atoms with Crippen molar-refractivity contribution in [3.63, 3.8) is 0 Å². The number of hydrogen-bond acceptors (Lipinski definition) is 2. The molecule has 66 valence electrons. The van der Waals surface area contributed by atoms with Gasteiger partial charge in [-0.1, -0.05) is 13.0 Å². The lowest BCUT2D eigenvalue weighted by Crippen LogP contribution is -2.26. The number of nitrogens with one attached hydrogen (secondary N) is 1. The topological polar surface area (TPSA) is 21.3 Å². The van der Waals surface area contributed by atoms with E-state index in [0.29, 0.717) is 6.10 Å². The molecule has 0 saturated carbocycles. The first kappa shape index (κ1) is 10.7. The molecule has 0 aliphatic heterocycles. The molecule has 0 amide bonds. The molecule has 0 bridgehead atoms. The Hall–Kier alpha value is -0.340. The van der Waals surface area contributed by atoms with Crippen LogP contribution in [0, 0.1) is 0 Å². The molecule has 0 aliphatic carbocycles. The van der Waals surface area contributed by atoms with E-state index in [4.69, 9.17) is 4.74 Å². The largest absolute Gasteiger partial charge is 0.377 e. The molecule has 0 spiro atoms. The fourth-order valence-corrected chi connectivity index (χ4v) is 0.867. The van der Waals surface area contributed by atoms with E-state index in [2.05, 4.69) is 18.8 Å². The summed E-state index contributed by atoms with van der Waals surface area (Å²) >= 11 is 0. The average Bonchev–Trinajstić information content (AvgIpc) is 2.03. The van der Waals surface area contributed by atoms with Gasteiger partial charge in [-0.3, -0.25) is 0 Å². The monoisotopic (exact) mass is 157 g/mol. The maximum atomic E-state index is 5.54. The van der Waals surface area contributed by atoms with Crippen molar-refractivity contribution < 1.29 is 4.74 Å². The van der Waals surface area contributed by atoms with Crippen molar-refractivity contribution in [1.82, 2.24) is 5.32 Å². The minimum absolute atomic E-state index is 0.361. The average molecular weight is 157 g/mol. The Kier molecular flexibility index (Phi) is 7.52. The van der Waals surface area contributed by atoms with E-state index in [1.807, 2.05) is 13.1 Å². The highest BCUT2D eigenvalue weighted by molar-refractivity contribution is 4.66. The van der Waals surface area contributed by atoms with Crippen molar-refractivity contribution in [2.75, 3.05) is 20.2 Å². The van der Waals surface area contributed by atoms with Crippen molar-refractivity contribution in [3.8, 4) is 0 Å². The zero-order valence-corrected chi connectivity index (χ0v) is 7.60. The Bertz CT molecular complexity index is 93.6. The second kappa shape index (κ2) is 7.76. The standard InChI is InChI=1S/C9H19NO/c1-4-6-7-11-9(5-2)8-10-3/h4,9-10H,1,5-8H2,2-3H3. The third kappa shape index (κ3) is 6.07. The van der Waals surface area contributed by atoms with Crippen LogP contribution in [0.25, 0.3) is 0 Å². The third-order valence-electron chi connectivity index (χ3n) is 1.56. The van der Waals surface area contributed by atoms with E-state index in [0.717, 1.165) is 26.0 Å². The van der Waals surface area contributed by atoms with Gasteiger partial charge in [-0.05, 0) is 19.9 Å². The van der Waals surface area contributed by atoms with Crippen LogP contribution in [0.3, 0.4) is 0 Å². The van der Waals surface area contributed by atoms with Crippen molar-refractivity contribution in [3.05, 3.63) is 12.7 Å². The van der Waals surface area contributed by atoms with Gasteiger partial charge >= 0.3 is 0 Å². The first-order valence-corrected chi connectivity index (χ1v) is 4.22. The zero-order chi connectivity index (χ0) is 8.53. The Balaban J connectivity index is 3.27. The van der Waals surface area contributed by atoms with E-state index in [1.54, 1.807) is 0 Å². The van der Waals surface area contributed by atoms with Crippen molar-refractivity contribution in [1.29, 1.82) is 0 Å². The van der Waals surface area contributed by atoms with Crippen molar-refractivity contribution >= 4 is 0 Å². The van der Waals surface area contributed by atoms with E-state index in [-0.39, 0.29) is 0 Å². The Morgan fingerprint density at radius 2 is 2.36 bits per heavy atom. The van der Waals surface area contributed by atoms with Crippen LogP contribution >= 0.6 is 0 Å². The predicted molar refractivity (Wildman–Crippen MR) is 48.8 cm³/mol. The molecular weight excluding hydrogens is 138 g/mol. The van der Waals surface area contributed by atoms with E-state index < -0.39 is 0 Å². The number of ether oxygens (including phenoxy) is 1. The highest BCUT2D eigenvalue weighted by atomic mass is 16.5. The fourth-order valence-electron chi connectivity index (χ4n) is 0.867. The third-order valence-corrected chi connectivity index (χ3v) is 1.56. The van der Waals surface area contributed by atoms with Gasteiger partial charge in [0.15, 0.2) is 0 Å². The molecule has 0 aliphatic rings. The maximum absolute atomic E-state index is 5.54. The summed E-state index contributed by atoms with van der Waals surface area (Å²) in [7, 11) is 1.94. The van der Waals surface area contributed by atoms with Gasteiger partial charge in [-0.25, -0.2) is 0 Å². The Labute approximate surface area is 69.6 Å². The van der Waals surface area contributed by atoms with Gasteiger partial charge < -0.3 is 10.1 Å². The van der Waals surface area contributed by atoms with Crippen LogP contribution < -0.4 is 5.32 Å². The molecule has 2 nitrogen and oxygen atoms in total. The van der Waals surface area contributed by atoms with E-state index >= 15 is 0 Å². The minimum Gasteiger partial charge on any atom is -0.377 e. The summed E-state index contributed by atoms with van der Waals surface area (Å²) in [6.45, 7) is 7.50. The van der Waals surface area contributed by atoms with Gasteiger partial charge in [-0.15, -0.1) is 6.58 Å². The molecule has 0 aromatic carbocycles. The van der Waals surface area contributed by atoms with Crippen LogP contribution in [0.5, 0.6) is 0 Å². The molecule has 0 fully saturated rings. The van der Waals surface area contributed by atoms with Gasteiger partial charge in [-0.2, -0.15) is 0 Å². The molecule has 1 N–H and O–H groups in total. The quantitative estimate of drug-likeness (QED) is 0.447. The van der Waals surface area contributed by atoms with Crippen LogP contribution in [-0.2, 0) is 4.74 Å². The summed E-state index contributed by atoms with van der Waals surface area (Å²) in [5.74, 6) is 0. The lowest BCUT2D eigenvalue weighted by molar-refractivity contribution is 0.0553. The van der Waals surface area contributed by atoms with Gasteiger partial charge in [0, 0.05) is 6.54 Å². The molecule has 0 rings (SSSR count). The molecule has 0 heterocycles. The van der Waals surface area contributed by atoms with E-state index in [9.17, 15) is 0 Å².